The molecule has 4 aromatic rings. The van der Waals surface area contributed by atoms with Crippen molar-refractivity contribution < 1.29 is 36.7 Å². The summed E-state index contributed by atoms with van der Waals surface area (Å²) in [5.41, 5.74) is 7.89. The number of hydrogen-bond acceptors (Lipinski definition) is 6. The van der Waals surface area contributed by atoms with E-state index < -0.39 is 21.9 Å². The Morgan fingerprint density at radius 1 is 0.911 bits per heavy atom. The number of anilines is 1. The Kier molecular flexibility index (Phi) is 13.1. The fourth-order valence-corrected chi connectivity index (χ4v) is 5.23. The zero-order valence-electron chi connectivity index (χ0n) is 26.0. The second-order valence-electron chi connectivity index (χ2n) is 10.4. The van der Waals surface area contributed by atoms with Gasteiger partial charge in [0.05, 0.1) is 11.5 Å². The third kappa shape index (κ3) is 10.7. The van der Waals surface area contributed by atoms with Gasteiger partial charge in [-0.2, -0.15) is 8.42 Å². The summed E-state index contributed by atoms with van der Waals surface area (Å²) in [5, 5.41) is 12.1. The lowest BCUT2D eigenvalue weighted by atomic mass is 9.91. The molecule has 8 nitrogen and oxygen atoms in total. The number of carboxylic acids is 1. The molecule has 4 rings (SSSR count). The van der Waals surface area contributed by atoms with Crippen LogP contribution in [0.1, 0.15) is 41.2 Å². The fraction of sp³-hybridized carbons (Fsp3) is 0.286. The van der Waals surface area contributed by atoms with Gasteiger partial charge in [-0.05, 0) is 109 Å². The molecule has 0 aliphatic heterocycles. The number of halogens is 1. The van der Waals surface area contributed by atoms with E-state index in [0.717, 1.165) is 28.0 Å². The molecule has 10 heteroatoms. The number of aryl methyl sites for hydroxylation is 2. The van der Waals surface area contributed by atoms with Gasteiger partial charge < -0.3 is 19.9 Å². The third-order valence-corrected chi connectivity index (χ3v) is 8.02. The van der Waals surface area contributed by atoms with Crippen LogP contribution >= 0.6 is 0 Å². The van der Waals surface area contributed by atoms with Crippen LogP contribution in [-0.4, -0.2) is 43.9 Å². The molecule has 3 N–H and O–H groups in total. The first-order chi connectivity index (χ1) is 21.4. The Hall–Kier alpha value is -4.25. The van der Waals surface area contributed by atoms with Gasteiger partial charge in [-0.3, -0.25) is 9.35 Å². The molecule has 0 saturated heterocycles. The molecule has 0 fully saturated rings. The standard InChI is InChI=1S/C29H34FNO4.C6H6O3S/c1-5-34-13-14-35-27-15-19(2)29(21(4)20(27)3)24-8-6-7-22(16-24)18-31-25-11-9-23(26(30)17-25)10-12-28(32)33;7-10(8,9)6-4-2-1-3-5-6/h6-9,11,15-17,31H,5,10,12-14,18H2,1-4H3,(H,32,33);1-5H,(H,7,8,9). The minimum absolute atomic E-state index is 0.0741. The predicted molar refractivity (Wildman–Crippen MR) is 174 cm³/mol. The monoisotopic (exact) mass is 637 g/mol. The molecule has 0 heterocycles. The maximum Gasteiger partial charge on any atom is 0.303 e. The van der Waals surface area contributed by atoms with Gasteiger partial charge in [0.2, 0.25) is 0 Å². The summed E-state index contributed by atoms with van der Waals surface area (Å²) in [4.78, 5) is 10.7. The SMILES string of the molecule is CCOCCOc1cc(C)c(-c2cccc(CNc3ccc(CCC(=O)O)c(F)c3)c2)c(C)c1C.O=S(=O)(O)c1ccccc1. The van der Waals surface area contributed by atoms with E-state index in [2.05, 4.69) is 44.3 Å². The Morgan fingerprint density at radius 3 is 2.27 bits per heavy atom. The molecule has 45 heavy (non-hydrogen) atoms. The minimum Gasteiger partial charge on any atom is -0.491 e. The number of carbonyl (C=O) groups is 1. The first kappa shape index (κ1) is 35.2. The van der Waals surface area contributed by atoms with Gasteiger partial charge in [-0.15, -0.1) is 0 Å². The summed E-state index contributed by atoms with van der Waals surface area (Å²) in [6.45, 7) is 10.6. The molecule has 0 radical (unpaired) electrons. The van der Waals surface area contributed by atoms with E-state index in [1.165, 1.54) is 29.3 Å². The number of nitrogens with one attached hydrogen (secondary N) is 1. The molecule has 0 aliphatic carbocycles. The molecule has 0 amide bonds. The predicted octanol–water partition coefficient (Wildman–Crippen LogP) is 7.40. The van der Waals surface area contributed by atoms with Crippen LogP contribution in [0, 0.1) is 26.6 Å². The fourth-order valence-electron chi connectivity index (χ4n) is 4.73. The summed E-state index contributed by atoms with van der Waals surface area (Å²) >= 11 is 0. The lowest BCUT2D eigenvalue weighted by Gasteiger charge is -2.18. The molecule has 0 aromatic heterocycles. The largest absolute Gasteiger partial charge is 0.491 e. The van der Waals surface area contributed by atoms with Crippen molar-refractivity contribution in [2.24, 2.45) is 0 Å². The average molecular weight is 638 g/mol. The van der Waals surface area contributed by atoms with Crippen LogP contribution < -0.4 is 10.1 Å². The highest BCUT2D eigenvalue weighted by Crippen LogP contribution is 2.35. The average Bonchev–Trinajstić information content (AvgIpc) is 3.00. The van der Waals surface area contributed by atoms with Crippen LogP contribution in [-0.2, 0) is 32.6 Å². The highest BCUT2D eigenvalue weighted by atomic mass is 32.2. The summed E-state index contributed by atoms with van der Waals surface area (Å²) in [7, 11) is -4.00. The lowest BCUT2D eigenvalue weighted by molar-refractivity contribution is -0.136. The van der Waals surface area contributed by atoms with Crippen LogP contribution in [0.15, 0.2) is 83.8 Å². The summed E-state index contributed by atoms with van der Waals surface area (Å²) in [6, 6.07) is 22.7. The smallest absolute Gasteiger partial charge is 0.303 e. The van der Waals surface area contributed by atoms with Crippen molar-refractivity contribution in [2.75, 3.05) is 25.1 Å². The number of benzene rings is 4. The highest BCUT2D eigenvalue weighted by Gasteiger charge is 2.14. The van der Waals surface area contributed by atoms with E-state index in [4.69, 9.17) is 19.1 Å². The van der Waals surface area contributed by atoms with Crippen molar-refractivity contribution >= 4 is 21.8 Å². The second-order valence-corrected chi connectivity index (χ2v) is 11.8. The zero-order chi connectivity index (χ0) is 33.0. The highest BCUT2D eigenvalue weighted by molar-refractivity contribution is 7.85. The number of aliphatic carboxylic acids is 1. The van der Waals surface area contributed by atoms with Crippen molar-refractivity contribution in [3.8, 4) is 16.9 Å². The molecule has 0 bridgehead atoms. The lowest BCUT2D eigenvalue weighted by Crippen LogP contribution is -2.08. The first-order valence-electron chi connectivity index (χ1n) is 14.6. The van der Waals surface area contributed by atoms with E-state index >= 15 is 0 Å². The van der Waals surface area contributed by atoms with E-state index in [1.54, 1.807) is 30.3 Å². The Balaban J connectivity index is 0.000000468. The molecular weight excluding hydrogens is 597 g/mol. The van der Waals surface area contributed by atoms with Gasteiger partial charge in [-0.1, -0.05) is 42.5 Å². The van der Waals surface area contributed by atoms with E-state index in [-0.39, 0.29) is 17.7 Å². The number of rotatable bonds is 13. The van der Waals surface area contributed by atoms with Crippen molar-refractivity contribution in [2.45, 2.75) is 52.0 Å². The van der Waals surface area contributed by atoms with Gasteiger partial charge in [0.25, 0.3) is 10.1 Å². The van der Waals surface area contributed by atoms with Crippen LogP contribution in [0.4, 0.5) is 10.1 Å². The Labute approximate surface area is 264 Å². The molecule has 0 atom stereocenters. The second kappa shape index (κ2) is 16.7. The number of carboxylic acid groups (broad SMARTS) is 1. The van der Waals surface area contributed by atoms with Crippen molar-refractivity contribution in [3.63, 3.8) is 0 Å². The zero-order valence-corrected chi connectivity index (χ0v) is 26.8. The molecule has 0 spiro atoms. The normalized spacial score (nSPS) is 11.0. The number of ether oxygens (including phenoxy) is 2. The van der Waals surface area contributed by atoms with E-state index in [1.807, 2.05) is 19.1 Å². The maximum absolute atomic E-state index is 14.3. The molecule has 0 aliphatic rings. The molecule has 4 aromatic carbocycles. The first-order valence-corrected chi connectivity index (χ1v) is 16.0. The summed E-state index contributed by atoms with van der Waals surface area (Å²) in [5.74, 6) is -0.443. The van der Waals surface area contributed by atoms with Crippen LogP contribution in [0.25, 0.3) is 11.1 Å². The maximum atomic E-state index is 14.3. The van der Waals surface area contributed by atoms with Gasteiger partial charge in [0.1, 0.15) is 18.2 Å². The van der Waals surface area contributed by atoms with Crippen LogP contribution in [0.3, 0.4) is 0 Å². The number of hydrogen-bond donors (Lipinski definition) is 3. The van der Waals surface area contributed by atoms with Gasteiger partial charge >= 0.3 is 5.97 Å². The Bertz CT molecular complexity index is 1690. The summed E-state index contributed by atoms with van der Waals surface area (Å²) < 4.78 is 54.9. The topological polar surface area (TPSA) is 122 Å². The van der Waals surface area contributed by atoms with Gasteiger partial charge in [-0.25, -0.2) is 4.39 Å². The van der Waals surface area contributed by atoms with Crippen molar-refractivity contribution in [1.29, 1.82) is 0 Å². The van der Waals surface area contributed by atoms with Gasteiger partial charge in [0, 0.05) is 25.3 Å². The quantitative estimate of drug-likeness (QED) is 0.102. The third-order valence-electron chi connectivity index (χ3n) is 7.15. The molecule has 0 saturated carbocycles. The minimum atomic E-state index is -4.00. The van der Waals surface area contributed by atoms with Crippen molar-refractivity contribution in [1.82, 2.24) is 0 Å². The van der Waals surface area contributed by atoms with Gasteiger partial charge in [0.15, 0.2) is 0 Å². The molecular formula is C35H40FNO7S. The molecule has 240 valence electrons. The van der Waals surface area contributed by atoms with Crippen LogP contribution in [0.2, 0.25) is 0 Å². The van der Waals surface area contributed by atoms with E-state index in [0.29, 0.717) is 37.6 Å². The molecule has 0 unspecified atom stereocenters. The Morgan fingerprint density at radius 2 is 1.64 bits per heavy atom. The van der Waals surface area contributed by atoms with Crippen LogP contribution in [0.5, 0.6) is 5.75 Å². The summed E-state index contributed by atoms with van der Waals surface area (Å²) in [6.07, 6.45) is 0.0904. The van der Waals surface area contributed by atoms with Crippen molar-refractivity contribution in [3.05, 3.63) is 112 Å². The van der Waals surface area contributed by atoms with E-state index in [9.17, 15) is 17.6 Å².